The van der Waals surface area contributed by atoms with Crippen molar-refractivity contribution in [3.05, 3.63) is 96.7 Å². The first kappa shape index (κ1) is 29.4. The monoisotopic (exact) mass is 570 g/mol. The molecule has 2 aromatic carbocycles. The van der Waals surface area contributed by atoms with E-state index < -0.39 is 0 Å². The van der Waals surface area contributed by atoms with Gasteiger partial charge in [0, 0.05) is 38.0 Å². The third-order valence-electron chi connectivity index (χ3n) is 7.78. The van der Waals surface area contributed by atoms with Crippen molar-refractivity contribution >= 4 is 22.7 Å². The van der Waals surface area contributed by atoms with Gasteiger partial charge in [0.15, 0.2) is 10.9 Å². The summed E-state index contributed by atoms with van der Waals surface area (Å²) in [6.07, 6.45) is 9.19. The number of hydrogen-bond donors (Lipinski definition) is 0. The van der Waals surface area contributed by atoms with Gasteiger partial charge in [-0.3, -0.25) is 14.5 Å². The zero-order valence-electron chi connectivity index (χ0n) is 23.4. The molecule has 0 unspecified atom stereocenters. The van der Waals surface area contributed by atoms with E-state index in [1.54, 1.807) is 6.20 Å². The number of nitrogens with zero attached hydrogens (tertiary/aromatic N) is 2. The lowest BCUT2D eigenvalue weighted by Gasteiger charge is -2.35. The predicted molar refractivity (Wildman–Crippen MR) is 162 cm³/mol. The fourth-order valence-corrected chi connectivity index (χ4v) is 6.41. The van der Waals surface area contributed by atoms with E-state index >= 15 is 0 Å². The summed E-state index contributed by atoms with van der Waals surface area (Å²) in [5.74, 6) is 0.414. The SMILES string of the molecule is O=C(CCC=CCC[C@H]1[C@H](N2CCOCC2)C(=O)C[C@H]1OCc1ccc(-c2ccccc2)cc1)Sc1ccccn1. The molecule has 1 aliphatic heterocycles. The summed E-state index contributed by atoms with van der Waals surface area (Å²) in [7, 11) is 0. The Bertz CT molecular complexity index is 1280. The summed E-state index contributed by atoms with van der Waals surface area (Å²) in [6.45, 7) is 3.39. The van der Waals surface area contributed by atoms with Crippen molar-refractivity contribution in [2.24, 2.45) is 5.92 Å². The molecule has 6 nitrogen and oxygen atoms in total. The largest absolute Gasteiger partial charge is 0.379 e. The number of carbonyl (C=O) groups excluding carboxylic acids is 2. The van der Waals surface area contributed by atoms with E-state index in [9.17, 15) is 9.59 Å². The van der Waals surface area contributed by atoms with E-state index in [1.165, 1.54) is 22.9 Å². The van der Waals surface area contributed by atoms with Crippen LogP contribution in [0, 0.1) is 5.92 Å². The third-order valence-corrected chi connectivity index (χ3v) is 8.67. The highest BCUT2D eigenvalue weighted by Gasteiger charge is 2.45. The van der Waals surface area contributed by atoms with Crippen molar-refractivity contribution in [3.8, 4) is 11.1 Å². The van der Waals surface area contributed by atoms with Gasteiger partial charge in [-0.05, 0) is 59.8 Å². The molecular weight excluding hydrogens is 532 g/mol. The number of allylic oxidation sites excluding steroid dienone is 2. The van der Waals surface area contributed by atoms with Crippen molar-refractivity contribution < 1.29 is 19.1 Å². The Balaban J connectivity index is 1.15. The number of ketones is 1. The number of rotatable bonds is 12. The molecule has 2 heterocycles. The Morgan fingerprint density at radius 1 is 0.951 bits per heavy atom. The quantitative estimate of drug-likeness (QED) is 0.185. The van der Waals surface area contributed by atoms with Crippen LogP contribution in [0.15, 0.2) is 96.2 Å². The number of morpholine rings is 1. The summed E-state index contributed by atoms with van der Waals surface area (Å²) in [5, 5.41) is 0.854. The lowest BCUT2D eigenvalue weighted by molar-refractivity contribution is -0.124. The van der Waals surface area contributed by atoms with Crippen molar-refractivity contribution in [1.29, 1.82) is 0 Å². The molecule has 1 saturated heterocycles. The van der Waals surface area contributed by atoms with Gasteiger partial charge in [-0.15, -0.1) is 0 Å². The standard InChI is InChI=1S/C34H38N2O4S/c37-30-24-31(40-25-26-15-17-28(18-16-26)27-10-4-3-5-11-27)29(34(30)36-20-22-39-23-21-36)12-6-1-2-7-14-33(38)41-32-13-8-9-19-35-32/h1-5,8-11,13,15-19,29,31,34H,6-7,12,14,20-25H2/t29-,31-,34+/m1/s1. The smallest absolute Gasteiger partial charge is 0.195 e. The lowest BCUT2D eigenvalue weighted by Crippen LogP contribution is -2.49. The minimum absolute atomic E-state index is 0.103. The van der Waals surface area contributed by atoms with Crippen LogP contribution in [0.2, 0.25) is 0 Å². The number of benzene rings is 2. The topological polar surface area (TPSA) is 68.7 Å². The number of Topliss-reactive ketones (excluding diaryl/α,β-unsaturated/α-hetero) is 1. The van der Waals surface area contributed by atoms with E-state index in [-0.39, 0.29) is 29.0 Å². The zero-order chi connectivity index (χ0) is 28.3. The molecule has 3 atom stereocenters. The predicted octanol–water partition coefficient (Wildman–Crippen LogP) is 6.36. The molecule has 2 aliphatic rings. The summed E-state index contributed by atoms with van der Waals surface area (Å²) in [4.78, 5) is 32.0. The number of pyridine rings is 1. The van der Waals surface area contributed by atoms with Crippen LogP contribution in [0.25, 0.3) is 11.1 Å². The van der Waals surface area contributed by atoms with Crippen LogP contribution in [0.5, 0.6) is 0 Å². The molecular formula is C34H38N2O4S. The van der Waals surface area contributed by atoms with Crippen LogP contribution in [0.1, 0.15) is 37.7 Å². The Labute approximate surface area is 247 Å². The van der Waals surface area contributed by atoms with Gasteiger partial charge < -0.3 is 9.47 Å². The fraction of sp³-hybridized carbons (Fsp3) is 0.382. The highest BCUT2D eigenvalue weighted by molar-refractivity contribution is 8.13. The van der Waals surface area contributed by atoms with Crippen LogP contribution >= 0.6 is 11.8 Å². The fourth-order valence-electron chi connectivity index (χ4n) is 5.70. The molecule has 214 valence electrons. The van der Waals surface area contributed by atoms with E-state index in [4.69, 9.17) is 9.47 Å². The van der Waals surface area contributed by atoms with E-state index in [0.717, 1.165) is 36.5 Å². The summed E-state index contributed by atoms with van der Waals surface area (Å²) < 4.78 is 12.0. The molecule has 7 heteroatoms. The first-order valence-electron chi connectivity index (χ1n) is 14.5. The number of ether oxygens (including phenoxy) is 2. The highest BCUT2D eigenvalue weighted by Crippen LogP contribution is 2.35. The molecule has 1 saturated carbocycles. The summed E-state index contributed by atoms with van der Waals surface area (Å²) in [5.41, 5.74) is 3.48. The van der Waals surface area contributed by atoms with Gasteiger partial charge in [0.1, 0.15) is 5.03 Å². The first-order valence-corrected chi connectivity index (χ1v) is 15.4. The highest BCUT2D eigenvalue weighted by atomic mass is 32.2. The van der Waals surface area contributed by atoms with Crippen LogP contribution in [0.4, 0.5) is 0 Å². The van der Waals surface area contributed by atoms with E-state index in [0.29, 0.717) is 39.1 Å². The maximum atomic E-state index is 13.2. The van der Waals surface area contributed by atoms with Crippen LogP contribution in [-0.2, 0) is 25.7 Å². The Morgan fingerprint density at radius 3 is 2.44 bits per heavy atom. The number of thioether (sulfide) groups is 1. The minimum atomic E-state index is -0.117. The molecule has 0 spiro atoms. The minimum Gasteiger partial charge on any atom is -0.379 e. The normalized spacial score (nSPS) is 21.5. The van der Waals surface area contributed by atoms with Gasteiger partial charge in [0.2, 0.25) is 0 Å². The van der Waals surface area contributed by atoms with Crippen LogP contribution < -0.4 is 0 Å². The van der Waals surface area contributed by atoms with Crippen molar-refractivity contribution in [2.75, 3.05) is 26.3 Å². The molecule has 3 aromatic rings. The number of carbonyl (C=O) groups is 2. The molecule has 1 aromatic heterocycles. The van der Waals surface area contributed by atoms with Crippen molar-refractivity contribution in [1.82, 2.24) is 9.88 Å². The average Bonchev–Trinajstić information content (AvgIpc) is 3.34. The second-order valence-corrected chi connectivity index (χ2v) is 11.6. The molecule has 2 fully saturated rings. The molecule has 0 bridgehead atoms. The summed E-state index contributed by atoms with van der Waals surface area (Å²) >= 11 is 1.19. The van der Waals surface area contributed by atoms with Crippen LogP contribution in [0.3, 0.4) is 0 Å². The molecule has 1 aliphatic carbocycles. The first-order chi connectivity index (χ1) is 20.2. The number of aromatic nitrogens is 1. The molecule has 0 radical (unpaired) electrons. The van der Waals surface area contributed by atoms with Gasteiger partial charge in [-0.2, -0.15) is 0 Å². The Morgan fingerprint density at radius 2 is 1.68 bits per heavy atom. The van der Waals surface area contributed by atoms with Crippen molar-refractivity contribution in [3.63, 3.8) is 0 Å². The zero-order valence-corrected chi connectivity index (χ0v) is 24.2. The van der Waals surface area contributed by atoms with E-state index in [2.05, 4.69) is 58.4 Å². The van der Waals surface area contributed by atoms with Crippen molar-refractivity contribution in [2.45, 2.75) is 55.9 Å². The maximum Gasteiger partial charge on any atom is 0.195 e. The van der Waals surface area contributed by atoms with Gasteiger partial charge in [-0.25, -0.2) is 4.98 Å². The van der Waals surface area contributed by atoms with Gasteiger partial charge >= 0.3 is 0 Å². The van der Waals surface area contributed by atoms with Gasteiger partial charge in [0.25, 0.3) is 0 Å². The second kappa shape index (κ2) is 15.2. The van der Waals surface area contributed by atoms with E-state index in [1.807, 2.05) is 36.4 Å². The lowest BCUT2D eigenvalue weighted by atomic mass is 9.93. The summed E-state index contributed by atoms with van der Waals surface area (Å²) in [6, 6.07) is 24.3. The third kappa shape index (κ3) is 8.46. The maximum absolute atomic E-state index is 13.2. The van der Waals surface area contributed by atoms with Crippen LogP contribution in [-0.4, -0.2) is 59.2 Å². The molecule has 0 amide bonds. The van der Waals surface area contributed by atoms with Gasteiger partial charge in [0.05, 0.1) is 32.0 Å². The van der Waals surface area contributed by atoms with Gasteiger partial charge in [-0.1, -0.05) is 72.8 Å². The molecule has 0 N–H and O–H groups in total. The second-order valence-electron chi connectivity index (χ2n) is 10.6. The molecule has 5 rings (SSSR count). The number of hydrogen-bond acceptors (Lipinski definition) is 7. The Kier molecular flexibility index (Phi) is 10.9. The molecule has 41 heavy (non-hydrogen) atoms. The average molecular weight is 571 g/mol. The Hall–Kier alpha value is -3.10.